The Bertz CT molecular complexity index is 888. The van der Waals surface area contributed by atoms with E-state index in [4.69, 9.17) is 0 Å². The molecule has 0 aliphatic rings. The lowest BCUT2D eigenvalue weighted by Crippen LogP contribution is -2.39. The number of guanidine groups is 1. The van der Waals surface area contributed by atoms with Gasteiger partial charge in [0.2, 0.25) is 0 Å². The fourth-order valence-electron chi connectivity index (χ4n) is 2.28. The van der Waals surface area contributed by atoms with Gasteiger partial charge in [-0.1, -0.05) is 18.2 Å². The van der Waals surface area contributed by atoms with Crippen LogP contribution in [0.5, 0.6) is 0 Å². The number of sulfone groups is 1. The third-order valence-electron chi connectivity index (χ3n) is 3.68. The minimum Gasteiger partial charge on any atom is -0.356 e. The Kier molecular flexibility index (Phi) is 10.3. The molecule has 29 heavy (non-hydrogen) atoms. The molecule has 0 radical (unpaired) electrons. The van der Waals surface area contributed by atoms with Gasteiger partial charge >= 0.3 is 6.18 Å². The summed E-state index contributed by atoms with van der Waals surface area (Å²) in [5.74, 6) is 0.449. The molecule has 2 aromatic rings. The van der Waals surface area contributed by atoms with Crippen LogP contribution in [-0.4, -0.2) is 45.3 Å². The van der Waals surface area contributed by atoms with Crippen LogP contribution < -0.4 is 10.6 Å². The maximum absolute atomic E-state index is 12.5. The average molecular weight is 562 g/mol. The van der Waals surface area contributed by atoms with Crippen LogP contribution in [0.15, 0.2) is 45.6 Å². The SMILES string of the molecule is CN=C(NCCCS(=O)(=O)c1ccccc1)NCCc1nc(C(F)(F)F)cs1.I. The molecule has 0 amide bonds. The van der Waals surface area contributed by atoms with Gasteiger partial charge in [0.05, 0.1) is 15.7 Å². The van der Waals surface area contributed by atoms with Gasteiger partial charge in [-0.3, -0.25) is 4.99 Å². The maximum Gasteiger partial charge on any atom is 0.434 e. The molecule has 2 N–H and O–H groups in total. The van der Waals surface area contributed by atoms with Gasteiger partial charge < -0.3 is 10.6 Å². The third-order valence-corrected chi connectivity index (χ3v) is 6.41. The lowest BCUT2D eigenvalue weighted by atomic mass is 10.4. The van der Waals surface area contributed by atoms with Crippen LogP contribution in [0.4, 0.5) is 13.2 Å². The van der Waals surface area contributed by atoms with E-state index in [0.717, 1.165) is 16.7 Å². The minimum absolute atomic E-state index is 0. The summed E-state index contributed by atoms with van der Waals surface area (Å²) in [6.07, 6.45) is -3.72. The molecular weight excluding hydrogens is 540 g/mol. The molecule has 0 saturated carbocycles. The summed E-state index contributed by atoms with van der Waals surface area (Å²) in [4.78, 5) is 7.86. The number of alkyl halides is 3. The molecule has 0 unspecified atom stereocenters. The molecule has 0 bridgehead atoms. The molecule has 162 valence electrons. The maximum atomic E-state index is 12.5. The highest BCUT2D eigenvalue weighted by molar-refractivity contribution is 14.0. The third kappa shape index (κ3) is 8.46. The number of nitrogens with zero attached hydrogens (tertiary/aromatic N) is 2. The van der Waals surface area contributed by atoms with E-state index in [1.54, 1.807) is 37.4 Å². The molecule has 0 fully saturated rings. The summed E-state index contributed by atoms with van der Waals surface area (Å²) in [6, 6.07) is 8.23. The number of nitrogens with one attached hydrogen (secondary N) is 2. The van der Waals surface area contributed by atoms with Gasteiger partial charge in [-0.25, -0.2) is 13.4 Å². The number of halogens is 4. The molecule has 0 saturated heterocycles. The highest BCUT2D eigenvalue weighted by atomic mass is 127. The fraction of sp³-hybridized carbons (Fsp3) is 0.412. The van der Waals surface area contributed by atoms with Crippen molar-refractivity contribution in [1.29, 1.82) is 0 Å². The summed E-state index contributed by atoms with van der Waals surface area (Å²) in [6.45, 7) is 0.744. The van der Waals surface area contributed by atoms with Crippen molar-refractivity contribution in [1.82, 2.24) is 15.6 Å². The van der Waals surface area contributed by atoms with E-state index in [1.165, 1.54) is 0 Å². The number of aliphatic imine (C=N–C) groups is 1. The van der Waals surface area contributed by atoms with Gasteiger partial charge in [0.25, 0.3) is 0 Å². The van der Waals surface area contributed by atoms with E-state index in [-0.39, 0.29) is 29.7 Å². The first-order valence-electron chi connectivity index (χ1n) is 8.46. The van der Waals surface area contributed by atoms with Crippen molar-refractivity contribution in [3.63, 3.8) is 0 Å². The number of rotatable bonds is 8. The Labute approximate surface area is 189 Å². The molecule has 2 rings (SSSR count). The van der Waals surface area contributed by atoms with Crippen molar-refractivity contribution in [3.05, 3.63) is 46.4 Å². The monoisotopic (exact) mass is 562 g/mol. The van der Waals surface area contributed by atoms with Crippen LogP contribution in [0, 0.1) is 0 Å². The predicted octanol–water partition coefficient (Wildman–Crippen LogP) is 3.35. The first-order chi connectivity index (χ1) is 13.2. The van der Waals surface area contributed by atoms with Crippen molar-refractivity contribution >= 4 is 51.1 Å². The average Bonchev–Trinajstić information content (AvgIpc) is 3.14. The van der Waals surface area contributed by atoms with E-state index < -0.39 is 21.7 Å². The first kappa shape index (κ1) is 25.6. The molecule has 1 aromatic carbocycles. The van der Waals surface area contributed by atoms with Crippen LogP contribution in [0.2, 0.25) is 0 Å². The van der Waals surface area contributed by atoms with E-state index in [2.05, 4.69) is 20.6 Å². The topological polar surface area (TPSA) is 83.5 Å². The van der Waals surface area contributed by atoms with Gasteiger partial charge in [-0.2, -0.15) is 13.2 Å². The molecule has 0 atom stereocenters. The Hall–Kier alpha value is -1.41. The van der Waals surface area contributed by atoms with Crippen molar-refractivity contribution in [2.45, 2.75) is 23.9 Å². The summed E-state index contributed by atoms with van der Waals surface area (Å²) >= 11 is 0.960. The van der Waals surface area contributed by atoms with Crippen LogP contribution in [-0.2, 0) is 22.4 Å². The van der Waals surface area contributed by atoms with Crippen molar-refractivity contribution in [2.75, 3.05) is 25.9 Å². The van der Waals surface area contributed by atoms with E-state index in [9.17, 15) is 21.6 Å². The molecule has 12 heteroatoms. The van der Waals surface area contributed by atoms with Gasteiger partial charge in [0.15, 0.2) is 21.5 Å². The molecule has 1 aromatic heterocycles. The van der Waals surface area contributed by atoms with Gasteiger partial charge in [-0.05, 0) is 18.6 Å². The lowest BCUT2D eigenvalue weighted by molar-refractivity contribution is -0.140. The highest BCUT2D eigenvalue weighted by Crippen LogP contribution is 2.29. The second-order valence-corrected chi connectivity index (χ2v) is 8.84. The van der Waals surface area contributed by atoms with Gasteiger partial charge in [-0.15, -0.1) is 35.3 Å². The summed E-state index contributed by atoms with van der Waals surface area (Å²) in [7, 11) is -1.77. The smallest absolute Gasteiger partial charge is 0.356 e. The minimum atomic E-state index is -4.43. The van der Waals surface area contributed by atoms with Gasteiger partial charge in [0, 0.05) is 31.9 Å². The van der Waals surface area contributed by atoms with Crippen LogP contribution in [0.25, 0.3) is 0 Å². The number of thiazole rings is 1. The Morgan fingerprint density at radius 3 is 2.41 bits per heavy atom. The number of aromatic nitrogens is 1. The number of hydrogen-bond donors (Lipinski definition) is 2. The Balaban J connectivity index is 0.00000420. The molecular formula is C17H22F3IN4O2S2. The predicted molar refractivity (Wildman–Crippen MR) is 119 cm³/mol. The quantitative estimate of drug-likeness (QED) is 0.223. The zero-order valence-corrected chi connectivity index (χ0v) is 19.5. The molecule has 6 nitrogen and oxygen atoms in total. The van der Waals surface area contributed by atoms with Crippen LogP contribution in [0.3, 0.4) is 0 Å². The molecule has 1 heterocycles. The standard InChI is InChI=1S/C17H21F3N4O2S2.HI/c1-21-16(23-10-8-15-24-14(12-27-15)17(18,19)20)22-9-5-11-28(25,26)13-6-3-2-4-7-13;/h2-4,6-7,12H,5,8-11H2,1H3,(H2,21,22,23);1H. The second-order valence-electron chi connectivity index (χ2n) is 5.79. The fourth-order valence-corrected chi connectivity index (χ4v) is 4.42. The van der Waals surface area contributed by atoms with E-state index in [1.807, 2.05) is 0 Å². The van der Waals surface area contributed by atoms with E-state index >= 15 is 0 Å². The Morgan fingerprint density at radius 1 is 1.17 bits per heavy atom. The largest absolute Gasteiger partial charge is 0.434 e. The van der Waals surface area contributed by atoms with Gasteiger partial charge in [0.1, 0.15) is 0 Å². The molecule has 0 aliphatic heterocycles. The normalized spacial score (nSPS) is 12.3. The number of benzene rings is 1. The summed E-state index contributed by atoms with van der Waals surface area (Å²) in [5, 5.41) is 7.33. The summed E-state index contributed by atoms with van der Waals surface area (Å²) in [5.41, 5.74) is -0.880. The second kappa shape index (κ2) is 11.7. The Morgan fingerprint density at radius 2 is 1.83 bits per heavy atom. The zero-order chi connectivity index (χ0) is 20.6. The molecule has 0 spiro atoms. The first-order valence-corrected chi connectivity index (χ1v) is 11.0. The highest BCUT2D eigenvalue weighted by Gasteiger charge is 2.33. The summed E-state index contributed by atoms with van der Waals surface area (Å²) < 4.78 is 62.0. The zero-order valence-electron chi connectivity index (χ0n) is 15.6. The lowest BCUT2D eigenvalue weighted by Gasteiger charge is -2.11. The van der Waals surface area contributed by atoms with Crippen molar-refractivity contribution in [2.24, 2.45) is 4.99 Å². The van der Waals surface area contributed by atoms with Crippen LogP contribution in [0.1, 0.15) is 17.1 Å². The van der Waals surface area contributed by atoms with Crippen molar-refractivity contribution < 1.29 is 21.6 Å². The molecule has 0 aliphatic carbocycles. The van der Waals surface area contributed by atoms with E-state index in [0.29, 0.717) is 41.8 Å². The van der Waals surface area contributed by atoms with Crippen LogP contribution >= 0.6 is 35.3 Å². The number of hydrogen-bond acceptors (Lipinski definition) is 5. The van der Waals surface area contributed by atoms with Crippen molar-refractivity contribution in [3.8, 4) is 0 Å².